The van der Waals surface area contributed by atoms with Crippen LogP contribution in [-0.2, 0) is 16.1 Å². The van der Waals surface area contributed by atoms with Gasteiger partial charge >= 0.3 is 12.1 Å². The summed E-state index contributed by atoms with van der Waals surface area (Å²) < 4.78 is 46.3. The van der Waals surface area contributed by atoms with Gasteiger partial charge in [-0.1, -0.05) is 34.1 Å². The number of carboxylic acid groups (broad SMARTS) is 1. The lowest BCUT2D eigenvalue weighted by molar-refractivity contribution is -0.192. The Balaban J connectivity index is 0.000000540. The Hall–Kier alpha value is -2.99. The van der Waals surface area contributed by atoms with Crippen LogP contribution >= 0.6 is 15.9 Å². The number of nitrogens with one attached hydrogen (secondary N) is 1. The fraction of sp³-hybridized carbons (Fsp3) is 0.348. The van der Waals surface area contributed by atoms with E-state index >= 15 is 0 Å². The Labute approximate surface area is 207 Å². The van der Waals surface area contributed by atoms with Crippen molar-refractivity contribution in [2.75, 3.05) is 32.7 Å². The summed E-state index contributed by atoms with van der Waals surface area (Å²) in [6.07, 6.45) is -4.84. The summed E-state index contributed by atoms with van der Waals surface area (Å²) in [5.41, 5.74) is 1.23. The number of piperazine rings is 1. The molecule has 1 aliphatic rings. The lowest BCUT2D eigenvalue weighted by Crippen LogP contribution is -2.47. The Morgan fingerprint density at radius 3 is 2.20 bits per heavy atom. The SMILES string of the molecule is O=C(CCN(Cc1ccc(Br)cc1)C(=O)c1cccc(F)c1)N1CCNCC1.O=C(O)C(F)(F)F. The molecule has 35 heavy (non-hydrogen) atoms. The molecule has 2 aromatic rings. The third-order valence-corrected chi connectivity index (χ3v) is 5.48. The number of rotatable bonds is 6. The van der Waals surface area contributed by atoms with Crippen molar-refractivity contribution < 1.29 is 37.1 Å². The van der Waals surface area contributed by atoms with Gasteiger partial charge in [0.1, 0.15) is 5.82 Å². The van der Waals surface area contributed by atoms with E-state index < -0.39 is 18.0 Å². The summed E-state index contributed by atoms with van der Waals surface area (Å²) >= 11 is 3.40. The first-order chi connectivity index (χ1) is 16.5. The standard InChI is InChI=1S/C21H23BrFN3O2.C2HF3O2/c22-18-6-4-16(5-7-18)15-26(21(28)17-2-1-3-19(23)14-17)11-8-20(27)25-12-9-24-10-13-25;3-2(4,5)1(6)7/h1-7,14,24H,8-13,15H2;(H,6,7). The molecule has 0 atom stereocenters. The highest BCUT2D eigenvalue weighted by Gasteiger charge is 2.38. The summed E-state index contributed by atoms with van der Waals surface area (Å²) in [7, 11) is 0. The van der Waals surface area contributed by atoms with Gasteiger partial charge in [-0.3, -0.25) is 9.59 Å². The van der Waals surface area contributed by atoms with Crippen molar-refractivity contribution >= 4 is 33.7 Å². The molecular weight excluding hydrogens is 538 g/mol. The maximum atomic E-state index is 13.6. The first-order valence-corrected chi connectivity index (χ1v) is 11.3. The van der Waals surface area contributed by atoms with Crippen LogP contribution < -0.4 is 5.32 Å². The summed E-state index contributed by atoms with van der Waals surface area (Å²) in [4.78, 5) is 37.8. The van der Waals surface area contributed by atoms with Crippen LogP contribution in [0.15, 0.2) is 53.0 Å². The Morgan fingerprint density at radius 1 is 1.06 bits per heavy atom. The number of carbonyl (C=O) groups excluding carboxylic acids is 2. The van der Waals surface area contributed by atoms with E-state index in [0.717, 1.165) is 23.1 Å². The van der Waals surface area contributed by atoms with Gasteiger partial charge in [0.15, 0.2) is 0 Å². The Bertz CT molecular complexity index is 1010. The largest absolute Gasteiger partial charge is 0.490 e. The highest BCUT2D eigenvalue weighted by Crippen LogP contribution is 2.16. The molecule has 0 aliphatic carbocycles. The first-order valence-electron chi connectivity index (χ1n) is 10.5. The summed E-state index contributed by atoms with van der Waals surface area (Å²) in [6.45, 7) is 3.59. The monoisotopic (exact) mass is 561 g/mol. The number of benzene rings is 2. The number of aliphatic carboxylic acids is 1. The second-order valence-corrected chi connectivity index (χ2v) is 8.46. The zero-order valence-corrected chi connectivity index (χ0v) is 20.1. The van der Waals surface area contributed by atoms with Crippen LogP contribution in [0.25, 0.3) is 0 Å². The molecular formula is C23H24BrF4N3O4. The molecule has 0 saturated carbocycles. The van der Waals surface area contributed by atoms with Crippen molar-refractivity contribution in [2.45, 2.75) is 19.1 Å². The predicted molar refractivity (Wildman–Crippen MR) is 123 cm³/mol. The zero-order valence-electron chi connectivity index (χ0n) is 18.5. The van der Waals surface area contributed by atoms with E-state index in [2.05, 4.69) is 21.2 Å². The van der Waals surface area contributed by atoms with Crippen molar-refractivity contribution in [1.29, 1.82) is 0 Å². The molecule has 3 rings (SSSR count). The number of nitrogens with zero attached hydrogens (tertiary/aromatic N) is 2. The molecule has 0 spiro atoms. The average Bonchev–Trinajstić information content (AvgIpc) is 2.82. The molecule has 2 amide bonds. The van der Waals surface area contributed by atoms with E-state index in [9.17, 15) is 27.2 Å². The lowest BCUT2D eigenvalue weighted by atomic mass is 10.1. The van der Waals surface area contributed by atoms with Crippen LogP contribution in [0.4, 0.5) is 17.6 Å². The number of hydrogen-bond acceptors (Lipinski definition) is 4. The molecule has 7 nitrogen and oxygen atoms in total. The second kappa shape index (κ2) is 13.2. The number of alkyl halides is 3. The maximum Gasteiger partial charge on any atom is 0.490 e. The van der Waals surface area contributed by atoms with Crippen molar-refractivity contribution in [3.05, 3.63) is 69.9 Å². The number of hydrogen-bond donors (Lipinski definition) is 2. The minimum atomic E-state index is -5.08. The smallest absolute Gasteiger partial charge is 0.475 e. The average molecular weight is 562 g/mol. The molecule has 12 heteroatoms. The van der Waals surface area contributed by atoms with Gasteiger partial charge < -0.3 is 20.2 Å². The minimum absolute atomic E-state index is 0.0364. The Morgan fingerprint density at radius 2 is 1.66 bits per heavy atom. The summed E-state index contributed by atoms with van der Waals surface area (Å²) in [6, 6.07) is 13.3. The molecule has 2 aromatic carbocycles. The van der Waals surface area contributed by atoms with Gasteiger partial charge in [-0.15, -0.1) is 0 Å². The third kappa shape index (κ3) is 9.65. The van der Waals surface area contributed by atoms with Crippen molar-refractivity contribution in [1.82, 2.24) is 15.1 Å². The summed E-state index contributed by atoms with van der Waals surface area (Å²) in [5.74, 6) is -3.45. The van der Waals surface area contributed by atoms with E-state index in [4.69, 9.17) is 9.90 Å². The van der Waals surface area contributed by atoms with Gasteiger partial charge in [0, 0.05) is 55.7 Å². The van der Waals surface area contributed by atoms with Crippen LogP contribution in [0.3, 0.4) is 0 Å². The van der Waals surface area contributed by atoms with Gasteiger partial charge in [0.2, 0.25) is 5.91 Å². The molecule has 0 radical (unpaired) electrons. The van der Waals surface area contributed by atoms with Gasteiger partial charge in [-0.25, -0.2) is 9.18 Å². The highest BCUT2D eigenvalue weighted by molar-refractivity contribution is 9.10. The molecule has 0 aromatic heterocycles. The fourth-order valence-electron chi connectivity index (χ4n) is 3.17. The molecule has 2 N–H and O–H groups in total. The Kier molecular flexibility index (Phi) is 10.6. The quantitative estimate of drug-likeness (QED) is 0.525. The normalized spacial score (nSPS) is 13.5. The van der Waals surface area contributed by atoms with Crippen LogP contribution in [0, 0.1) is 5.82 Å². The lowest BCUT2D eigenvalue weighted by Gasteiger charge is -2.29. The van der Waals surface area contributed by atoms with Crippen LogP contribution in [0.5, 0.6) is 0 Å². The van der Waals surface area contributed by atoms with Crippen LogP contribution in [-0.4, -0.2) is 71.6 Å². The molecule has 1 heterocycles. The van der Waals surface area contributed by atoms with Crippen LogP contribution in [0.2, 0.25) is 0 Å². The minimum Gasteiger partial charge on any atom is -0.475 e. The third-order valence-electron chi connectivity index (χ3n) is 4.95. The van der Waals surface area contributed by atoms with Crippen LogP contribution in [0.1, 0.15) is 22.3 Å². The molecule has 1 fully saturated rings. The van der Waals surface area contributed by atoms with E-state index in [1.165, 1.54) is 18.2 Å². The topological polar surface area (TPSA) is 90.0 Å². The van der Waals surface area contributed by atoms with E-state index in [1.807, 2.05) is 29.2 Å². The van der Waals surface area contributed by atoms with Crippen molar-refractivity contribution in [2.24, 2.45) is 0 Å². The zero-order chi connectivity index (χ0) is 26.0. The first kappa shape index (κ1) is 28.2. The molecule has 190 valence electrons. The molecule has 1 saturated heterocycles. The van der Waals surface area contributed by atoms with Gasteiger partial charge in [-0.05, 0) is 35.9 Å². The van der Waals surface area contributed by atoms with Crippen molar-refractivity contribution in [3.8, 4) is 0 Å². The summed E-state index contributed by atoms with van der Waals surface area (Å²) in [5, 5.41) is 10.3. The number of amides is 2. The molecule has 1 aliphatic heterocycles. The number of halogens is 5. The van der Waals surface area contributed by atoms with E-state index in [1.54, 1.807) is 11.0 Å². The predicted octanol–water partition coefficient (Wildman–Crippen LogP) is 3.69. The van der Waals surface area contributed by atoms with Gasteiger partial charge in [0.25, 0.3) is 5.91 Å². The fourth-order valence-corrected chi connectivity index (χ4v) is 3.43. The van der Waals surface area contributed by atoms with Gasteiger partial charge in [0.05, 0.1) is 0 Å². The highest BCUT2D eigenvalue weighted by atomic mass is 79.9. The van der Waals surface area contributed by atoms with E-state index in [-0.39, 0.29) is 30.3 Å². The van der Waals surface area contributed by atoms with Crippen molar-refractivity contribution in [3.63, 3.8) is 0 Å². The second-order valence-electron chi connectivity index (χ2n) is 7.55. The number of carboxylic acids is 1. The maximum absolute atomic E-state index is 13.6. The van der Waals surface area contributed by atoms with E-state index in [0.29, 0.717) is 19.6 Å². The van der Waals surface area contributed by atoms with Gasteiger partial charge in [-0.2, -0.15) is 13.2 Å². The molecule has 0 bridgehead atoms. The molecule has 0 unspecified atom stereocenters. The number of carbonyl (C=O) groups is 3.